The maximum atomic E-state index is 14.3. The van der Waals surface area contributed by atoms with E-state index >= 15 is 0 Å². The number of aromatic nitrogens is 2. The van der Waals surface area contributed by atoms with Crippen molar-refractivity contribution in [3.05, 3.63) is 138 Å². The molecule has 2 atom stereocenters. The Morgan fingerprint density at radius 1 is 0.949 bits per heavy atom. The SMILES string of the molecule is CC(CCc1ccccc1)NC(=O)CC(c1cccc(F)c1)c1cnc2c(OCc3ccccc3)cccn12. The smallest absolute Gasteiger partial charge is 0.221 e. The van der Waals surface area contributed by atoms with Crippen molar-refractivity contribution in [1.82, 2.24) is 14.7 Å². The third-order valence-corrected chi connectivity index (χ3v) is 6.88. The van der Waals surface area contributed by atoms with Crippen LogP contribution in [0.15, 0.2) is 109 Å². The molecular formula is C33H32FN3O2. The number of aryl methyl sites for hydroxylation is 1. The number of halogens is 1. The predicted molar refractivity (Wildman–Crippen MR) is 151 cm³/mol. The molecule has 0 bridgehead atoms. The molecule has 39 heavy (non-hydrogen) atoms. The van der Waals surface area contributed by atoms with Gasteiger partial charge in [0.05, 0.1) is 5.69 Å². The van der Waals surface area contributed by atoms with E-state index in [0.29, 0.717) is 18.0 Å². The predicted octanol–water partition coefficient (Wildman–Crippen LogP) is 6.71. The average Bonchev–Trinajstić information content (AvgIpc) is 3.39. The minimum Gasteiger partial charge on any atom is -0.485 e. The van der Waals surface area contributed by atoms with E-state index in [1.54, 1.807) is 12.3 Å². The fourth-order valence-corrected chi connectivity index (χ4v) is 4.85. The van der Waals surface area contributed by atoms with Crippen LogP contribution >= 0.6 is 0 Å². The van der Waals surface area contributed by atoms with E-state index in [4.69, 9.17) is 4.74 Å². The Labute approximate surface area is 228 Å². The summed E-state index contributed by atoms with van der Waals surface area (Å²) in [4.78, 5) is 17.9. The first-order valence-electron chi connectivity index (χ1n) is 13.3. The number of rotatable bonds is 11. The van der Waals surface area contributed by atoms with Crippen molar-refractivity contribution >= 4 is 11.6 Å². The number of amides is 1. The van der Waals surface area contributed by atoms with Gasteiger partial charge in [0, 0.05) is 30.8 Å². The van der Waals surface area contributed by atoms with Crippen LogP contribution in [0.2, 0.25) is 0 Å². The van der Waals surface area contributed by atoms with Crippen molar-refractivity contribution in [3.63, 3.8) is 0 Å². The average molecular weight is 522 g/mol. The number of nitrogens with zero attached hydrogens (tertiary/aromatic N) is 2. The van der Waals surface area contributed by atoms with E-state index in [2.05, 4.69) is 22.4 Å². The van der Waals surface area contributed by atoms with Gasteiger partial charge >= 0.3 is 0 Å². The molecule has 2 aromatic heterocycles. The molecule has 0 saturated heterocycles. The Kier molecular flexibility index (Phi) is 8.32. The van der Waals surface area contributed by atoms with Crippen LogP contribution < -0.4 is 10.1 Å². The van der Waals surface area contributed by atoms with Gasteiger partial charge in [-0.3, -0.25) is 4.79 Å². The number of ether oxygens (including phenoxy) is 1. The van der Waals surface area contributed by atoms with Crippen LogP contribution in [0, 0.1) is 5.82 Å². The molecule has 0 fully saturated rings. The van der Waals surface area contributed by atoms with Gasteiger partial charge in [-0.05, 0) is 60.7 Å². The Balaban J connectivity index is 1.35. The molecule has 6 heteroatoms. The highest BCUT2D eigenvalue weighted by molar-refractivity contribution is 5.78. The van der Waals surface area contributed by atoms with Gasteiger partial charge in [0.25, 0.3) is 0 Å². The van der Waals surface area contributed by atoms with Gasteiger partial charge in [-0.2, -0.15) is 0 Å². The number of nitrogens with one attached hydrogen (secondary N) is 1. The zero-order chi connectivity index (χ0) is 27.0. The lowest BCUT2D eigenvalue weighted by Gasteiger charge is -2.20. The molecule has 0 aliphatic heterocycles. The number of carbonyl (C=O) groups is 1. The summed E-state index contributed by atoms with van der Waals surface area (Å²) < 4.78 is 22.3. The van der Waals surface area contributed by atoms with Crippen molar-refractivity contribution in [2.75, 3.05) is 0 Å². The van der Waals surface area contributed by atoms with Crippen molar-refractivity contribution in [2.24, 2.45) is 0 Å². The molecule has 5 nitrogen and oxygen atoms in total. The highest BCUT2D eigenvalue weighted by Crippen LogP contribution is 2.31. The fourth-order valence-electron chi connectivity index (χ4n) is 4.85. The number of pyridine rings is 1. The molecule has 1 N–H and O–H groups in total. The van der Waals surface area contributed by atoms with Crippen molar-refractivity contribution < 1.29 is 13.9 Å². The van der Waals surface area contributed by atoms with Crippen LogP contribution in [0.5, 0.6) is 5.75 Å². The number of hydrogen-bond acceptors (Lipinski definition) is 3. The van der Waals surface area contributed by atoms with Crippen molar-refractivity contribution in [2.45, 2.75) is 44.8 Å². The standard InChI is InChI=1S/C33H32FN3O2/c1-24(17-18-25-10-4-2-5-11-25)36-32(38)21-29(27-14-8-15-28(34)20-27)30-22-35-33-31(16-9-19-37(30)33)39-23-26-12-6-3-7-13-26/h2-16,19-20,22,24,29H,17-18,21,23H2,1H3,(H,36,38). The van der Waals surface area contributed by atoms with E-state index in [1.807, 2.05) is 84.3 Å². The fraction of sp³-hybridized carbons (Fsp3) is 0.212. The second kappa shape index (κ2) is 12.4. The van der Waals surface area contributed by atoms with E-state index in [1.165, 1.54) is 17.7 Å². The van der Waals surface area contributed by atoms with Crippen LogP contribution in [0.1, 0.15) is 48.1 Å². The second-order valence-corrected chi connectivity index (χ2v) is 9.83. The normalized spacial score (nSPS) is 12.7. The summed E-state index contributed by atoms with van der Waals surface area (Å²) in [6, 6.07) is 30.4. The third kappa shape index (κ3) is 6.71. The van der Waals surface area contributed by atoms with E-state index in [0.717, 1.165) is 29.7 Å². The van der Waals surface area contributed by atoms with E-state index in [9.17, 15) is 9.18 Å². The highest BCUT2D eigenvalue weighted by Gasteiger charge is 2.24. The Bertz CT molecular complexity index is 1520. The summed E-state index contributed by atoms with van der Waals surface area (Å²) in [5, 5.41) is 3.14. The van der Waals surface area contributed by atoms with Crippen LogP contribution in [0.4, 0.5) is 4.39 Å². The molecule has 0 spiro atoms. The molecule has 1 amide bonds. The van der Waals surface area contributed by atoms with Gasteiger partial charge in [-0.15, -0.1) is 0 Å². The Morgan fingerprint density at radius 3 is 2.44 bits per heavy atom. The molecule has 0 saturated carbocycles. The lowest BCUT2D eigenvalue weighted by molar-refractivity contribution is -0.121. The largest absolute Gasteiger partial charge is 0.485 e. The topological polar surface area (TPSA) is 55.6 Å². The quantitative estimate of drug-likeness (QED) is 0.210. The first kappa shape index (κ1) is 26.2. The summed E-state index contributed by atoms with van der Waals surface area (Å²) in [7, 11) is 0. The van der Waals surface area contributed by atoms with Crippen LogP contribution in [0.25, 0.3) is 5.65 Å². The zero-order valence-corrected chi connectivity index (χ0v) is 22.0. The van der Waals surface area contributed by atoms with E-state index < -0.39 is 0 Å². The van der Waals surface area contributed by atoms with Crippen molar-refractivity contribution in [3.8, 4) is 5.75 Å². The maximum Gasteiger partial charge on any atom is 0.221 e. The van der Waals surface area contributed by atoms with Gasteiger partial charge in [0.15, 0.2) is 11.4 Å². The van der Waals surface area contributed by atoms with Gasteiger partial charge < -0.3 is 14.5 Å². The molecule has 0 aliphatic carbocycles. The van der Waals surface area contributed by atoms with Crippen molar-refractivity contribution in [1.29, 1.82) is 0 Å². The van der Waals surface area contributed by atoms with Gasteiger partial charge in [-0.25, -0.2) is 9.37 Å². The number of hydrogen-bond donors (Lipinski definition) is 1. The van der Waals surface area contributed by atoms with Crippen LogP contribution in [-0.2, 0) is 17.8 Å². The molecular weight excluding hydrogens is 489 g/mol. The maximum absolute atomic E-state index is 14.3. The number of carbonyl (C=O) groups excluding carboxylic acids is 1. The minimum absolute atomic E-state index is 0.00559. The summed E-state index contributed by atoms with van der Waals surface area (Å²) >= 11 is 0. The molecule has 0 radical (unpaired) electrons. The summed E-state index contributed by atoms with van der Waals surface area (Å²) in [6.45, 7) is 2.43. The van der Waals surface area contributed by atoms with Crippen LogP contribution in [0.3, 0.4) is 0 Å². The minimum atomic E-state index is -0.388. The van der Waals surface area contributed by atoms with Crippen LogP contribution in [-0.4, -0.2) is 21.3 Å². The molecule has 5 aromatic rings. The Hall–Kier alpha value is -4.45. The lowest BCUT2D eigenvalue weighted by atomic mass is 9.92. The third-order valence-electron chi connectivity index (χ3n) is 6.88. The van der Waals surface area contributed by atoms with Gasteiger partial charge in [-0.1, -0.05) is 72.8 Å². The molecule has 2 unspecified atom stereocenters. The number of benzene rings is 3. The molecule has 198 valence electrons. The zero-order valence-electron chi connectivity index (χ0n) is 22.0. The highest BCUT2D eigenvalue weighted by atomic mass is 19.1. The second-order valence-electron chi connectivity index (χ2n) is 9.83. The lowest BCUT2D eigenvalue weighted by Crippen LogP contribution is -2.34. The molecule has 3 aromatic carbocycles. The summed E-state index contributed by atoms with van der Waals surface area (Å²) in [5.41, 5.74) is 4.48. The summed E-state index contributed by atoms with van der Waals surface area (Å²) in [5.74, 6) is -0.169. The van der Waals surface area contributed by atoms with Gasteiger partial charge in [0.2, 0.25) is 5.91 Å². The molecule has 2 heterocycles. The van der Waals surface area contributed by atoms with E-state index in [-0.39, 0.29) is 30.1 Å². The number of imidazole rings is 1. The first-order valence-corrected chi connectivity index (χ1v) is 13.3. The first-order chi connectivity index (χ1) is 19.1. The monoisotopic (exact) mass is 521 g/mol. The molecule has 0 aliphatic rings. The number of fused-ring (bicyclic) bond motifs is 1. The molecule has 5 rings (SSSR count). The van der Waals surface area contributed by atoms with Gasteiger partial charge in [0.1, 0.15) is 12.4 Å². The Morgan fingerprint density at radius 2 is 1.69 bits per heavy atom. The summed E-state index contributed by atoms with van der Waals surface area (Å²) in [6.07, 6.45) is 5.54.